The molecule has 6 heteroatoms. The van der Waals surface area contributed by atoms with E-state index in [4.69, 9.17) is 0 Å². The number of nitrogens with zero attached hydrogens (tertiary/aromatic N) is 1. The summed E-state index contributed by atoms with van der Waals surface area (Å²) in [4.78, 5) is 15.4. The van der Waals surface area contributed by atoms with Crippen molar-refractivity contribution in [3.63, 3.8) is 0 Å². The predicted molar refractivity (Wildman–Crippen MR) is 75.0 cm³/mol. The van der Waals surface area contributed by atoms with Crippen molar-refractivity contribution in [1.82, 2.24) is 4.98 Å². The number of para-hydroxylation sites is 1. The van der Waals surface area contributed by atoms with E-state index in [2.05, 4.69) is 10.3 Å². The van der Waals surface area contributed by atoms with Crippen LogP contribution in [0.5, 0.6) is 0 Å². The molecule has 1 heterocycles. The third-order valence-corrected chi connectivity index (χ3v) is 4.10. The Bertz CT molecular complexity index is 509. The Morgan fingerprint density at radius 1 is 1.56 bits per heavy atom. The molecule has 2 aromatic rings. The number of carbonyl (C=O) groups is 1. The Morgan fingerprint density at radius 3 is 3.00 bits per heavy atom. The van der Waals surface area contributed by atoms with Crippen molar-refractivity contribution in [2.45, 2.75) is 12.5 Å². The lowest BCUT2D eigenvalue weighted by atomic mass is 10.2. The maximum absolute atomic E-state index is 11.0. The highest BCUT2D eigenvalue weighted by Gasteiger charge is 2.12. The summed E-state index contributed by atoms with van der Waals surface area (Å²) in [6.45, 7) is 0. The van der Waals surface area contributed by atoms with Crippen LogP contribution in [-0.2, 0) is 4.79 Å². The first-order valence-electron chi connectivity index (χ1n) is 5.52. The van der Waals surface area contributed by atoms with Gasteiger partial charge in [0.2, 0.25) is 0 Å². The summed E-state index contributed by atoms with van der Waals surface area (Å²) in [5.41, 5.74) is 0.881. The fraction of sp³-hybridized carbons (Fsp3) is 0.333. The molecule has 18 heavy (non-hydrogen) atoms. The Balaban J connectivity index is 2.12. The van der Waals surface area contributed by atoms with Crippen LogP contribution in [0.2, 0.25) is 0 Å². The van der Waals surface area contributed by atoms with Gasteiger partial charge in [0.15, 0.2) is 5.13 Å². The quantitative estimate of drug-likeness (QED) is 0.871. The van der Waals surface area contributed by atoms with Crippen molar-refractivity contribution in [2.24, 2.45) is 0 Å². The summed E-state index contributed by atoms with van der Waals surface area (Å²) in [6, 6.07) is 7.04. The van der Waals surface area contributed by atoms with Crippen LogP contribution < -0.4 is 10.4 Å². The molecule has 0 saturated heterocycles. The van der Waals surface area contributed by atoms with Crippen LogP contribution in [0.25, 0.3) is 10.2 Å². The monoisotopic (exact) mass is 281 g/mol. The number of benzene rings is 1. The van der Waals surface area contributed by atoms with Gasteiger partial charge in [-0.15, -0.1) is 0 Å². The molecule has 2 rings (SSSR count). The number of thiazole rings is 1. The number of hydrogen-bond donors (Lipinski definition) is 1. The number of fused-ring (bicyclic) bond motifs is 1. The fourth-order valence-corrected chi connectivity index (χ4v) is 2.96. The molecule has 1 atom stereocenters. The average Bonchev–Trinajstić information content (AvgIpc) is 2.76. The molecule has 0 unspecified atom stereocenters. The van der Waals surface area contributed by atoms with Gasteiger partial charge < -0.3 is 15.2 Å². The number of carboxylic acid groups (broad SMARTS) is 1. The number of carboxylic acids is 1. The molecule has 1 aromatic heterocycles. The van der Waals surface area contributed by atoms with Crippen LogP contribution in [0.3, 0.4) is 0 Å². The average molecular weight is 281 g/mol. The number of aliphatic carboxylic acids is 1. The zero-order valence-corrected chi connectivity index (χ0v) is 11.5. The molecule has 0 aliphatic heterocycles. The third-order valence-electron chi connectivity index (χ3n) is 2.49. The van der Waals surface area contributed by atoms with Gasteiger partial charge in [-0.3, -0.25) is 0 Å². The summed E-state index contributed by atoms with van der Waals surface area (Å²) in [5.74, 6) is -0.306. The second-order valence-electron chi connectivity index (χ2n) is 3.78. The zero-order chi connectivity index (χ0) is 13.0. The number of aromatic nitrogens is 1. The van der Waals surface area contributed by atoms with E-state index in [1.165, 1.54) is 11.3 Å². The summed E-state index contributed by atoms with van der Waals surface area (Å²) >= 11 is 3.07. The minimum Gasteiger partial charge on any atom is -0.548 e. The highest BCUT2D eigenvalue weighted by atomic mass is 32.2. The van der Waals surface area contributed by atoms with Crippen molar-refractivity contribution >= 4 is 44.4 Å². The number of rotatable bonds is 6. The van der Waals surface area contributed by atoms with Gasteiger partial charge in [-0.05, 0) is 30.6 Å². The summed E-state index contributed by atoms with van der Waals surface area (Å²) < 4.78 is 1.04. The van der Waals surface area contributed by atoms with Crippen LogP contribution in [0.4, 0.5) is 5.13 Å². The van der Waals surface area contributed by atoms with Crippen LogP contribution >= 0.6 is 23.1 Å². The number of carbonyl (C=O) groups excluding carboxylic acids is 1. The molecule has 96 valence electrons. The Hall–Kier alpha value is -1.27. The van der Waals surface area contributed by atoms with Crippen LogP contribution in [0, 0.1) is 0 Å². The molecule has 0 amide bonds. The molecule has 0 aliphatic rings. The van der Waals surface area contributed by atoms with Gasteiger partial charge in [-0.2, -0.15) is 11.8 Å². The molecule has 0 aliphatic carbocycles. The standard InChI is InChI=1S/C12H14N2O2S2/c1-17-7-6-9(11(15)16)14-12-13-8-4-2-3-5-10(8)18-12/h2-5,9H,6-7H2,1H3,(H,13,14)(H,15,16)/p-1/t9-/m0/s1. The summed E-state index contributed by atoms with van der Waals surface area (Å²) in [5, 5.41) is 14.6. The Morgan fingerprint density at radius 2 is 2.33 bits per heavy atom. The summed E-state index contributed by atoms with van der Waals surface area (Å²) in [6.07, 6.45) is 2.48. The van der Waals surface area contributed by atoms with Gasteiger partial charge in [0, 0.05) is 0 Å². The lowest BCUT2D eigenvalue weighted by molar-refractivity contribution is -0.306. The minimum atomic E-state index is -1.08. The third kappa shape index (κ3) is 3.14. The Labute approximate surface area is 113 Å². The normalized spacial score (nSPS) is 12.5. The van der Waals surface area contributed by atoms with E-state index in [1.807, 2.05) is 30.5 Å². The maximum atomic E-state index is 11.0. The molecule has 0 bridgehead atoms. The molecule has 0 saturated carbocycles. The molecule has 4 nitrogen and oxygen atoms in total. The highest BCUT2D eigenvalue weighted by molar-refractivity contribution is 7.98. The molecular weight excluding hydrogens is 268 g/mol. The number of anilines is 1. The predicted octanol–water partition coefficient (Wildman–Crippen LogP) is 1.58. The highest BCUT2D eigenvalue weighted by Crippen LogP contribution is 2.26. The van der Waals surface area contributed by atoms with E-state index < -0.39 is 12.0 Å². The van der Waals surface area contributed by atoms with Crippen molar-refractivity contribution in [1.29, 1.82) is 0 Å². The van der Waals surface area contributed by atoms with E-state index in [0.717, 1.165) is 16.0 Å². The first-order valence-corrected chi connectivity index (χ1v) is 7.73. The lowest BCUT2D eigenvalue weighted by Gasteiger charge is -2.18. The largest absolute Gasteiger partial charge is 0.548 e. The van der Waals surface area contributed by atoms with Crippen LogP contribution in [-0.4, -0.2) is 29.0 Å². The molecule has 1 N–H and O–H groups in total. The minimum absolute atomic E-state index is 0.527. The van der Waals surface area contributed by atoms with Crippen molar-refractivity contribution in [3.8, 4) is 0 Å². The van der Waals surface area contributed by atoms with Gasteiger partial charge in [0.25, 0.3) is 0 Å². The smallest absolute Gasteiger partial charge is 0.184 e. The summed E-state index contributed by atoms with van der Waals surface area (Å²) in [7, 11) is 0. The molecular formula is C12H13N2O2S2-. The van der Waals surface area contributed by atoms with Gasteiger partial charge in [-0.1, -0.05) is 23.5 Å². The molecule has 0 spiro atoms. The molecule has 0 radical (unpaired) electrons. The van der Waals surface area contributed by atoms with E-state index in [-0.39, 0.29) is 0 Å². The van der Waals surface area contributed by atoms with Crippen LogP contribution in [0.1, 0.15) is 6.42 Å². The maximum Gasteiger partial charge on any atom is 0.184 e. The van der Waals surface area contributed by atoms with Gasteiger partial charge in [0.1, 0.15) is 0 Å². The first-order chi connectivity index (χ1) is 8.70. The van der Waals surface area contributed by atoms with E-state index in [0.29, 0.717) is 11.6 Å². The second-order valence-corrected chi connectivity index (χ2v) is 5.80. The van der Waals surface area contributed by atoms with Crippen molar-refractivity contribution in [2.75, 3.05) is 17.3 Å². The van der Waals surface area contributed by atoms with Gasteiger partial charge in [0.05, 0.1) is 22.2 Å². The van der Waals surface area contributed by atoms with E-state index in [9.17, 15) is 9.90 Å². The topological polar surface area (TPSA) is 65.0 Å². The van der Waals surface area contributed by atoms with E-state index in [1.54, 1.807) is 11.8 Å². The number of hydrogen-bond acceptors (Lipinski definition) is 6. The van der Waals surface area contributed by atoms with E-state index >= 15 is 0 Å². The Kier molecular flexibility index (Phi) is 4.43. The van der Waals surface area contributed by atoms with Crippen molar-refractivity contribution in [3.05, 3.63) is 24.3 Å². The second kappa shape index (κ2) is 6.06. The van der Waals surface area contributed by atoms with Gasteiger partial charge >= 0.3 is 0 Å². The number of thioether (sulfide) groups is 1. The SMILES string of the molecule is CSCC[C@H](Nc1nc2ccccc2s1)C(=O)[O-]. The zero-order valence-electron chi connectivity index (χ0n) is 9.88. The molecule has 0 fully saturated rings. The number of nitrogens with one attached hydrogen (secondary N) is 1. The first kappa shape index (κ1) is 13.2. The lowest BCUT2D eigenvalue weighted by Crippen LogP contribution is -2.41. The molecule has 1 aromatic carbocycles. The van der Waals surface area contributed by atoms with Crippen LogP contribution in [0.15, 0.2) is 24.3 Å². The van der Waals surface area contributed by atoms with Crippen molar-refractivity contribution < 1.29 is 9.90 Å². The van der Waals surface area contributed by atoms with Gasteiger partial charge in [-0.25, -0.2) is 4.98 Å². The fourth-order valence-electron chi connectivity index (χ4n) is 1.57.